The molecule has 0 saturated heterocycles. The fraction of sp³-hybridized carbons (Fsp3) is 0.600. The molecule has 86 valence electrons. The van der Waals surface area contributed by atoms with Crippen LogP contribution in [0.3, 0.4) is 0 Å². The molecule has 0 aromatic heterocycles. The van der Waals surface area contributed by atoms with Gasteiger partial charge in [0, 0.05) is 0 Å². The second kappa shape index (κ2) is 13.2. The minimum Gasteiger partial charge on any atom is -0.0991 e. The zero-order valence-electron chi connectivity index (χ0n) is 10.3. The summed E-state index contributed by atoms with van der Waals surface area (Å²) in [5.41, 5.74) is 0. The van der Waals surface area contributed by atoms with Gasteiger partial charge in [0.25, 0.3) is 0 Å². The Labute approximate surface area is 95.8 Å². The third-order valence-electron chi connectivity index (χ3n) is 2.47. The number of rotatable bonds is 10. The van der Waals surface area contributed by atoms with Crippen molar-refractivity contribution in [3.8, 4) is 0 Å². The van der Waals surface area contributed by atoms with E-state index in [2.05, 4.69) is 25.7 Å². The first-order valence-electron chi connectivity index (χ1n) is 6.36. The first-order chi connectivity index (χ1) is 7.41. The predicted octanol–water partition coefficient (Wildman–Crippen LogP) is 5.43. The van der Waals surface area contributed by atoms with Crippen LogP contribution >= 0.6 is 0 Å². The van der Waals surface area contributed by atoms with Crippen LogP contribution in [0.5, 0.6) is 0 Å². The van der Waals surface area contributed by atoms with Crippen LogP contribution in [-0.4, -0.2) is 0 Å². The molecule has 0 rings (SSSR count). The van der Waals surface area contributed by atoms with Crippen molar-refractivity contribution in [1.29, 1.82) is 0 Å². The molecule has 0 atom stereocenters. The molecule has 0 aliphatic carbocycles. The first kappa shape index (κ1) is 14.2. The maximum absolute atomic E-state index is 3.62. The normalized spacial score (nSPS) is 11.5. The summed E-state index contributed by atoms with van der Waals surface area (Å²) in [7, 11) is 0. The Bertz CT molecular complexity index is 174. The van der Waals surface area contributed by atoms with E-state index in [0.29, 0.717) is 0 Å². The van der Waals surface area contributed by atoms with Gasteiger partial charge >= 0.3 is 0 Å². The maximum Gasteiger partial charge on any atom is -0.0348 e. The maximum atomic E-state index is 3.62. The molecular formula is C15H26. The number of hydrogen-bond donors (Lipinski definition) is 0. The number of allylic oxidation sites excluding steroid dienone is 5. The second-order valence-corrected chi connectivity index (χ2v) is 3.96. The van der Waals surface area contributed by atoms with E-state index in [4.69, 9.17) is 0 Å². The van der Waals surface area contributed by atoms with Gasteiger partial charge in [-0.1, -0.05) is 82.4 Å². The van der Waals surface area contributed by atoms with E-state index in [0.717, 1.165) is 0 Å². The highest BCUT2D eigenvalue weighted by atomic mass is 13.9. The highest BCUT2D eigenvalue weighted by Crippen LogP contribution is 2.08. The summed E-state index contributed by atoms with van der Waals surface area (Å²) >= 11 is 0. The zero-order valence-corrected chi connectivity index (χ0v) is 10.3. The van der Waals surface area contributed by atoms with Gasteiger partial charge in [-0.05, 0) is 12.8 Å². The second-order valence-electron chi connectivity index (χ2n) is 3.96. The number of hydrogen-bond acceptors (Lipinski definition) is 0. The SMILES string of the molecule is C=CC=CC=CCCCCCCCCC. The fourth-order valence-corrected chi connectivity index (χ4v) is 1.54. The van der Waals surface area contributed by atoms with Crippen LogP contribution < -0.4 is 0 Å². The van der Waals surface area contributed by atoms with Gasteiger partial charge in [-0.2, -0.15) is 0 Å². The van der Waals surface area contributed by atoms with Crippen molar-refractivity contribution in [3.63, 3.8) is 0 Å². The summed E-state index contributed by atoms with van der Waals surface area (Å²) in [6.45, 7) is 5.89. The lowest BCUT2D eigenvalue weighted by atomic mass is 10.1. The van der Waals surface area contributed by atoms with Gasteiger partial charge in [0.2, 0.25) is 0 Å². The van der Waals surface area contributed by atoms with E-state index >= 15 is 0 Å². The molecule has 0 saturated carbocycles. The quantitative estimate of drug-likeness (QED) is 0.330. The van der Waals surface area contributed by atoms with E-state index in [1.54, 1.807) is 6.08 Å². The summed E-state index contributed by atoms with van der Waals surface area (Å²) in [4.78, 5) is 0. The summed E-state index contributed by atoms with van der Waals surface area (Å²) in [6, 6.07) is 0. The molecule has 0 aliphatic rings. The van der Waals surface area contributed by atoms with Crippen molar-refractivity contribution in [2.24, 2.45) is 0 Å². The molecule has 0 unspecified atom stereocenters. The molecule has 0 heteroatoms. The largest absolute Gasteiger partial charge is 0.0991 e. The lowest BCUT2D eigenvalue weighted by Gasteiger charge is -1.98. The third kappa shape index (κ3) is 13.2. The van der Waals surface area contributed by atoms with Crippen LogP contribution in [0, 0.1) is 0 Å². The Balaban J connectivity index is 3.07. The molecule has 0 radical (unpaired) electrons. The summed E-state index contributed by atoms with van der Waals surface area (Å²) in [6.07, 6.45) is 21.1. The van der Waals surface area contributed by atoms with E-state index < -0.39 is 0 Å². The molecule has 0 N–H and O–H groups in total. The lowest BCUT2D eigenvalue weighted by molar-refractivity contribution is 0.592. The minimum absolute atomic E-state index is 1.22. The fourth-order valence-electron chi connectivity index (χ4n) is 1.54. The van der Waals surface area contributed by atoms with Crippen molar-refractivity contribution >= 4 is 0 Å². The Morgan fingerprint density at radius 1 is 0.800 bits per heavy atom. The van der Waals surface area contributed by atoms with E-state index in [9.17, 15) is 0 Å². The topological polar surface area (TPSA) is 0 Å². The van der Waals surface area contributed by atoms with E-state index in [-0.39, 0.29) is 0 Å². The van der Waals surface area contributed by atoms with Gasteiger partial charge in [0.1, 0.15) is 0 Å². The Hall–Kier alpha value is -0.780. The molecule has 0 aromatic carbocycles. The van der Waals surface area contributed by atoms with Crippen LogP contribution in [0.1, 0.15) is 58.3 Å². The molecule has 0 amide bonds. The standard InChI is InChI=1S/C15H26/c1-3-5-7-9-11-13-15-14-12-10-8-6-4-2/h3,5,7,9,11H,1,4,6,8,10,12-15H2,2H3. The van der Waals surface area contributed by atoms with Gasteiger partial charge in [-0.25, -0.2) is 0 Å². The van der Waals surface area contributed by atoms with Crippen molar-refractivity contribution in [3.05, 3.63) is 37.0 Å². The van der Waals surface area contributed by atoms with Crippen molar-refractivity contribution < 1.29 is 0 Å². The third-order valence-corrected chi connectivity index (χ3v) is 2.47. The smallest absolute Gasteiger partial charge is 0.0348 e. The van der Waals surface area contributed by atoms with Gasteiger partial charge in [-0.15, -0.1) is 0 Å². The molecule has 0 nitrogen and oxygen atoms in total. The molecule has 0 bridgehead atoms. The van der Waals surface area contributed by atoms with Crippen LogP contribution in [0.25, 0.3) is 0 Å². The first-order valence-corrected chi connectivity index (χ1v) is 6.36. The van der Waals surface area contributed by atoms with Gasteiger partial charge in [0.05, 0.1) is 0 Å². The van der Waals surface area contributed by atoms with Crippen LogP contribution in [-0.2, 0) is 0 Å². The molecule has 0 aliphatic heterocycles. The van der Waals surface area contributed by atoms with Gasteiger partial charge < -0.3 is 0 Å². The highest BCUT2D eigenvalue weighted by molar-refractivity contribution is 5.08. The average Bonchev–Trinajstić information content (AvgIpc) is 2.26. The molecule has 0 heterocycles. The Kier molecular flexibility index (Phi) is 12.5. The Morgan fingerprint density at radius 3 is 2.13 bits per heavy atom. The van der Waals surface area contributed by atoms with Gasteiger partial charge in [-0.3, -0.25) is 0 Å². The van der Waals surface area contributed by atoms with Crippen molar-refractivity contribution in [1.82, 2.24) is 0 Å². The zero-order chi connectivity index (χ0) is 11.2. The average molecular weight is 206 g/mol. The number of unbranched alkanes of at least 4 members (excludes halogenated alkanes) is 7. The van der Waals surface area contributed by atoms with Gasteiger partial charge in [0.15, 0.2) is 0 Å². The van der Waals surface area contributed by atoms with Crippen LogP contribution in [0.2, 0.25) is 0 Å². The van der Waals surface area contributed by atoms with Crippen molar-refractivity contribution in [2.45, 2.75) is 58.3 Å². The molecule has 15 heavy (non-hydrogen) atoms. The van der Waals surface area contributed by atoms with E-state index in [1.807, 2.05) is 12.2 Å². The summed E-state index contributed by atoms with van der Waals surface area (Å²) in [5.74, 6) is 0. The predicted molar refractivity (Wildman–Crippen MR) is 71.1 cm³/mol. The molecular weight excluding hydrogens is 180 g/mol. The van der Waals surface area contributed by atoms with Crippen LogP contribution in [0.15, 0.2) is 37.0 Å². The summed E-state index contributed by atoms with van der Waals surface area (Å²) < 4.78 is 0. The molecule has 0 fully saturated rings. The van der Waals surface area contributed by atoms with Crippen molar-refractivity contribution in [2.75, 3.05) is 0 Å². The molecule has 0 spiro atoms. The highest BCUT2D eigenvalue weighted by Gasteiger charge is 1.88. The minimum atomic E-state index is 1.22. The Morgan fingerprint density at radius 2 is 1.47 bits per heavy atom. The molecule has 0 aromatic rings. The summed E-state index contributed by atoms with van der Waals surface area (Å²) in [5, 5.41) is 0. The monoisotopic (exact) mass is 206 g/mol. The van der Waals surface area contributed by atoms with Crippen LogP contribution in [0.4, 0.5) is 0 Å². The van der Waals surface area contributed by atoms with E-state index in [1.165, 1.54) is 51.4 Å². The lowest BCUT2D eigenvalue weighted by Crippen LogP contribution is -1.78.